The standard InChI is InChI=1S/C14H22O3/c15-13-7-3-1-5-11(13)9-17-10-12-6-2-4-8-14(12)16/h11-12H,1-10H2/t11-,12-/m1/s1. The predicted octanol–water partition coefficient (Wildman–Crippen LogP) is 2.52. The Balaban J connectivity index is 1.67. The third kappa shape index (κ3) is 3.63. The lowest BCUT2D eigenvalue weighted by Crippen LogP contribution is -2.28. The Morgan fingerprint density at radius 3 is 1.71 bits per heavy atom. The van der Waals surface area contributed by atoms with E-state index in [0.717, 1.165) is 51.4 Å². The molecule has 2 aliphatic carbocycles. The van der Waals surface area contributed by atoms with Crippen LogP contribution in [0.2, 0.25) is 0 Å². The van der Waals surface area contributed by atoms with E-state index in [1.165, 1.54) is 0 Å². The highest BCUT2D eigenvalue weighted by Crippen LogP contribution is 2.23. The normalized spacial score (nSPS) is 30.6. The summed E-state index contributed by atoms with van der Waals surface area (Å²) >= 11 is 0. The molecule has 0 heterocycles. The fourth-order valence-corrected chi connectivity index (χ4v) is 2.82. The van der Waals surface area contributed by atoms with Crippen LogP contribution in [-0.2, 0) is 14.3 Å². The molecule has 0 N–H and O–H groups in total. The third-order valence-electron chi connectivity index (χ3n) is 4.00. The highest BCUT2D eigenvalue weighted by molar-refractivity contribution is 5.82. The first-order valence-corrected chi connectivity index (χ1v) is 6.90. The van der Waals surface area contributed by atoms with Crippen molar-refractivity contribution >= 4 is 11.6 Å². The van der Waals surface area contributed by atoms with Gasteiger partial charge < -0.3 is 4.74 Å². The van der Waals surface area contributed by atoms with Crippen LogP contribution in [0.4, 0.5) is 0 Å². The van der Waals surface area contributed by atoms with Gasteiger partial charge in [0.2, 0.25) is 0 Å². The van der Waals surface area contributed by atoms with Gasteiger partial charge in [-0.3, -0.25) is 9.59 Å². The van der Waals surface area contributed by atoms with Crippen molar-refractivity contribution < 1.29 is 14.3 Å². The molecule has 0 spiro atoms. The highest BCUT2D eigenvalue weighted by Gasteiger charge is 2.25. The zero-order valence-electron chi connectivity index (χ0n) is 10.5. The Kier molecular flexibility index (Phi) is 4.72. The minimum Gasteiger partial charge on any atom is -0.380 e. The molecule has 2 atom stereocenters. The van der Waals surface area contributed by atoms with Crippen molar-refractivity contribution in [1.29, 1.82) is 0 Å². The zero-order chi connectivity index (χ0) is 12.1. The number of Topliss-reactive ketones (excluding diaryl/α,β-unsaturated/α-hetero) is 2. The topological polar surface area (TPSA) is 43.4 Å². The molecule has 96 valence electrons. The second-order valence-electron chi connectivity index (χ2n) is 5.36. The molecular formula is C14H22O3. The van der Waals surface area contributed by atoms with Gasteiger partial charge in [0, 0.05) is 24.7 Å². The summed E-state index contributed by atoms with van der Waals surface area (Å²) in [6, 6.07) is 0. The van der Waals surface area contributed by atoms with Gasteiger partial charge in [0.15, 0.2) is 0 Å². The van der Waals surface area contributed by atoms with Crippen molar-refractivity contribution in [3.63, 3.8) is 0 Å². The van der Waals surface area contributed by atoms with E-state index in [9.17, 15) is 9.59 Å². The van der Waals surface area contributed by atoms with E-state index >= 15 is 0 Å². The van der Waals surface area contributed by atoms with Gasteiger partial charge in [-0.05, 0) is 25.7 Å². The first-order valence-electron chi connectivity index (χ1n) is 6.90. The molecule has 0 unspecified atom stereocenters. The van der Waals surface area contributed by atoms with E-state index in [4.69, 9.17) is 4.74 Å². The van der Waals surface area contributed by atoms with Gasteiger partial charge in [0.1, 0.15) is 11.6 Å². The Hall–Kier alpha value is -0.700. The summed E-state index contributed by atoms with van der Waals surface area (Å²) in [6.07, 6.45) is 7.73. The first kappa shape index (κ1) is 12.7. The summed E-state index contributed by atoms with van der Waals surface area (Å²) in [5.41, 5.74) is 0. The molecule has 17 heavy (non-hydrogen) atoms. The maximum Gasteiger partial charge on any atom is 0.138 e. The molecule has 2 fully saturated rings. The average molecular weight is 238 g/mol. The van der Waals surface area contributed by atoms with Crippen LogP contribution in [0.15, 0.2) is 0 Å². The molecule has 0 bridgehead atoms. The molecule has 2 aliphatic rings. The summed E-state index contributed by atoms with van der Waals surface area (Å²) in [7, 11) is 0. The maximum absolute atomic E-state index is 11.6. The summed E-state index contributed by atoms with van der Waals surface area (Å²) in [4.78, 5) is 23.2. The van der Waals surface area contributed by atoms with E-state index in [1.54, 1.807) is 0 Å². The fourth-order valence-electron chi connectivity index (χ4n) is 2.82. The molecule has 0 aromatic rings. The van der Waals surface area contributed by atoms with Gasteiger partial charge in [0.05, 0.1) is 13.2 Å². The molecule has 3 heteroatoms. The Morgan fingerprint density at radius 1 is 0.824 bits per heavy atom. The van der Waals surface area contributed by atoms with Crippen molar-refractivity contribution in [3.05, 3.63) is 0 Å². The number of ether oxygens (including phenoxy) is 1. The van der Waals surface area contributed by atoms with Crippen LogP contribution in [0.1, 0.15) is 51.4 Å². The molecule has 0 radical (unpaired) electrons. The van der Waals surface area contributed by atoms with Crippen LogP contribution in [0.5, 0.6) is 0 Å². The maximum atomic E-state index is 11.6. The van der Waals surface area contributed by atoms with Crippen molar-refractivity contribution in [2.75, 3.05) is 13.2 Å². The van der Waals surface area contributed by atoms with Crippen molar-refractivity contribution in [2.24, 2.45) is 11.8 Å². The van der Waals surface area contributed by atoms with E-state index in [1.807, 2.05) is 0 Å². The third-order valence-corrected chi connectivity index (χ3v) is 4.00. The fraction of sp³-hybridized carbons (Fsp3) is 0.857. The lowest BCUT2D eigenvalue weighted by atomic mass is 9.88. The second kappa shape index (κ2) is 6.29. The van der Waals surface area contributed by atoms with Crippen LogP contribution < -0.4 is 0 Å². The van der Waals surface area contributed by atoms with E-state index in [0.29, 0.717) is 24.8 Å². The van der Waals surface area contributed by atoms with Crippen LogP contribution in [0.25, 0.3) is 0 Å². The van der Waals surface area contributed by atoms with Crippen molar-refractivity contribution in [3.8, 4) is 0 Å². The van der Waals surface area contributed by atoms with Gasteiger partial charge in [-0.1, -0.05) is 12.8 Å². The molecule has 0 amide bonds. The lowest BCUT2D eigenvalue weighted by Gasteiger charge is -2.23. The van der Waals surface area contributed by atoms with Crippen LogP contribution in [-0.4, -0.2) is 24.8 Å². The highest BCUT2D eigenvalue weighted by atomic mass is 16.5. The summed E-state index contributed by atoms with van der Waals surface area (Å²) in [5.74, 6) is 0.905. The summed E-state index contributed by atoms with van der Waals surface area (Å²) in [6.45, 7) is 1.06. The Labute approximate surface area is 103 Å². The Morgan fingerprint density at radius 2 is 1.29 bits per heavy atom. The van der Waals surface area contributed by atoms with Crippen LogP contribution >= 0.6 is 0 Å². The quantitative estimate of drug-likeness (QED) is 0.756. The van der Waals surface area contributed by atoms with Gasteiger partial charge in [-0.15, -0.1) is 0 Å². The SMILES string of the molecule is O=C1CCCC[C@@H]1COC[C@H]1CCCCC1=O. The van der Waals surface area contributed by atoms with Gasteiger partial charge in [0.25, 0.3) is 0 Å². The molecule has 0 aliphatic heterocycles. The monoisotopic (exact) mass is 238 g/mol. The zero-order valence-corrected chi connectivity index (χ0v) is 10.5. The average Bonchev–Trinajstić information content (AvgIpc) is 2.34. The first-order chi connectivity index (χ1) is 8.27. The molecule has 3 nitrogen and oxygen atoms in total. The number of carbonyl (C=O) groups is 2. The number of hydrogen-bond donors (Lipinski definition) is 0. The van der Waals surface area contributed by atoms with Crippen molar-refractivity contribution in [2.45, 2.75) is 51.4 Å². The molecule has 0 aromatic heterocycles. The number of hydrogen-bond acceptors (Lipinski definition) is 3. The minimum absolute atomic E-state index is 0.0995. The minimum atomic E-state index is 0.0995. The largest absolute Gasteiger partial charge is 0.380 e. The summed E-state index contributed by atoms with van der Waals surface area (Å²) in [5, 5.41) is 0. The Bertz CT molecular complexity index is 257. The molecule has 2 rings (SSSR count). The predicted molar refractivity (Wildman–Crippen MR) is 64.7 cm³/mol. The molecule has 0 saturated heterocycles. The number of ketones is 2. The van der Waals surface area contributed by atoms with Crippen LogP contribution in [0.3, 0.4) is 0 Å². The van der Waals surface area contributed by atoms with Crippen molar-refractivity contribution in [1.82, 2.24) is 0 Å². The van der Waals surface area contributed by atoms with Gasteiger partial charge in [-0.25, -0.2) is 0 Å². The number of carbonyl (C=O) groups excluding carboxylic acids is 2. The molecule has 0 aromatic carbocycles. The van der Waals surface area contributed by atoms with Gasteiger partial charge in [-0.2, -0.15) is 0 Å². The van der Waals surface area contributed by atoms with E-state index in [2.05, 4.69) is 0 Å². The van der Waals surface area contributed by atoms with Gasteiger partial charge >= 0.3 is 0 Å². The lowest BCUT2D eigenvalue weighted by molar-refractivity contribution is -0.129. The van der Waals surface area contributed by atoms with E-state index in [-0.39, 0.29) is 11.8 Å². The second-order valence-corrected chi connectivity index (χ2v) is 5.36. The van der Waals surface area contributed by atoms with Crippen LogP contribution in [0, 0.1) is 11.8 Å². The molecular weight excluding hydrogens is 216 g/mol. The smallest absolute Gasteiger partial charge is 0.138 e. The number of rotatable bonds is 4. The summed E-state index contributed by atoms with van der Waals surface area (Å²) < 4.78 is 5.61. The van der Waals surface area contributed by atoms with E-state index < -0.39 is 0 Å². The molecule has 2 saturated carbocycles.